The lowest BCUT2D eigenvalue weighted by molar-refractivity contribution is 0.553. The van der Waals surface area contributed by atoms with Crippen LogP contribution in [0.25, 0.3) is 0 Å². The Bertz CT molecular complexity index is 1360. The zero-order valence-electron chi connectivity index (χ0n) is 17.6. The van der Waals surface area contributed by atoms with Gasteiger partial charge in [-0.1, -0.05) is 38.1 Å². The number of nitrogens with zero attached hydrogens (tertiary/aromatic N) is 1. The highest BCUT2D eigenvalue weighted by molar-refractivity contribution is 7.92. The Morgan fingerprint density at radius 3 is 2.35 bits per heavy atom. The molecule has 1 aliphatic rings. The van der Waals surface area contributed by atoms with Gasteiger partial charge in [-0.05, 0) is 59.9 Å². The summed E-state index contributed by atoms with van der Waals surface area (Å²) in [7, 11) is -7.72. The smallest absolute Gasteiger partial charge is 0.240 e. The highest BCUT2D eigenvalue weighted by atomic mass is 32.2. The maximum absolute atomic E-state index is 13.4. The molecule has 0 bridgehead atoms. The van der Waals surface area contributed by atoms with Crippen LogP contribution in [0.3, 0.4) is 0 Å². The molecule has 1 aliphatic heterocycles. The van der Waals surface area contributed by atoms with Crippen molar-refractivity contribution in [2.45, 2.75) is 47.3 Å². The van der Waals surface area contributed by atoms with Gasteiger partial charge in [-0.15, -0.1) is 0 Å². The molecule has 4 rings (SSSR count). The molecular formula is C23H24N2O4S2. The molecule has 8 heteroatoms. The molecule has 0 saturated heterocycles. The zero-order valence-corrected chi connectivity index (χ0v) is 19.2. The first kappa shape index (κ1) is 21.7. The van der Waals surface area contributed by atoms with Crippen molar-refractivity contribution in [3.8, 4) is 0 Å². The Balaban J connectivity index is 1.74. The molecular weight excluding hydrogens is 432 g/mol. The third-order valence-corrected chi connectivity index (χ3v) is 9.29. The van der Waals surface area contributed by atoms with Crippen LogP contribution < -0.4 is 4.72 Å². The van der Waals surface area contributed by atoms with E-state index < -0.39 is 25.3 Å². The van der Waals surface area contributed by atoms with Crippen molar-refractivity contribution in [3.63, 3.8) is 0 Å². The van der Waals surface area contributed by atoms with E-state index in [-0.39, 0.29) is 21.2 Å². The second-order valence-corrected chi connectivity index (χ2v) is 11.9. The van der Waals surface area contributed by atoms with Crippen LogP contribution in [0.4, 0.5) is 0 Å². The Kier molecular flexibility index (Phi) is 5.28. The number of sulfone groups is 1. The van der Waals surface area contributed by atoms with Crippen LogP contribution in [0.1, 0.15) is 36.1 Å². The van der Waals surface area contributed by atoms with Gasteiger partial charge in [0.1, 0.15) is 0 Å². The van der Waals surface area contributed by atoms with Crippen LogP contribution >= 0.6 is 0 Å². The molecule has 31 heavy (non-hydrogen) atoms. The van der Waals surface area contributed by atoms with Crippen LogP contribution in [0.15, 0.2) is 75.6 Å². The summed E-state index contributed by atoms with van der Waals surface area (Å²) in [5, 5.41) is 0. The fourth-order valence-corrected chi connectivity index (χ4v) is 7.45. The predicted molar refractivity (Wildman–Crippen MR) is 118 cm³/mol. The normalized spacial score (nSPS) is 16.4. The molecule has 0 atom stereocenters. The summed E-state index contributed by atoms with van der Waals surface area (Å²) in [4.78, 5) is 4.21. The van der Waals surface area contributed by atoms with E-state index in [0.717, 1.165) is 5.56 Å². The quantitative estimate of drug-likeness (QED) is 0.635. The molecule has 1 N–H and O–H groups in total. The first-order valence-corrected chi connectivity index (χ1v) is 12.9. The number of benzene rings is 2. The summed E-state index contributed by atoms with van der Waals surface area (Å²) in [6.45, 7) is 5.81. The lowest BCUT2D eigenvalue weighted by Gasteiger charge is -2.35. The van der Waals surface area contributed by atoms with Crippen LogP contribution in [0.5, 0.6) is 0 Å². The predicted octanol–water partition coefficient (Wildman–Crippen LogP) is 3.38. The van der Waals surface area contributed by atoms with Crippen LogP contribution in [-0.4, -0.2) is 28.4 Å². The molecule has 0 fully saturated rings. The van der Waals surface area contributed by atoms with E-state index in [0.29, 0.717) is 23.1 Å². The van der Waals surface area contributed by atoms with E-state index in [9.17, 15) is 16.8 Å². The Morgan fingerprint density at radius 2 is 1.65 bits per heavy atom. The number of hydrogen-bond donors (Lipinski definition) is 1. The van der Waals surface area contributed by atoms with Gasteiger partial charge in [0.2, 0.25) is 19.9 Å². The minimum atomic E-state index is -3.89. The number of rotatable bonds is 5. The van der Waals surface area contributed by atoms with Crippen molar-refractivity contribution in [1.82, 2.24) is 9.71 Å². The molecule has 0 aliphatic carbocycles. The maximum Gasteiger partial charge on any atom is 0.240 e. The zero-order chi connectivity index (χ0) is 22.4. The lowest BCUT2D eigenvalue weighted by atomic mass is 9.77. The van der Waals surface area contributed by atoms with Crippen molar-refractivity contribution < 1.29 is 16.8 Å². The Morgan fingerprint density at radius 1 is 0.968 bits per heavy atom. The summed E-state index contributed by atoms with van der Waals surface area (Å²) in [5.74, 6) is 0. The van der Waals surface area contributed by atoms with E-state index in [4.69, 9.17) is 0 Å². The average Bonchev–Trinajstić information content (AvgIpc) is 2.73. The largest absolute Gasteiger partial charge is 0.265 e. The molecule has 0 radical (unpaired) electrons. The van der Waals surface area contributed by atoms with Gasteiger partial charge < -0.3 is 0 Å². The van der Waals surface area contributed by atoms with E-state index >= 15 is 0 Å². The number of fused-ring (bicyclic) bond motifs is 2. The van der Waals surface area contributed by atoms with Crippen molar-refractivity contribution in [3.05, 3.63) is 83.2 Å². The molecule has 2 heterocycles. The standard InChI is InChI=1S/C23H24N2O4S2/c1-16-14-19-22(30(26,27)20-7-5-4-6-18(20)23(19,2)3)15-21(16)31(28,29)25-13-10-17-8-11-24-12-9-17/h4-9,11-12,14-15,25H,10,13H2,1-3H3. The lowest BCUT2D eigenvalue weighted by Crippen LogP contribution is -2.31. The SMILES string of the molecule is Cc1cc2c(cc1S(=O)(=O)NCCc1ccncc1)S(=O)(=O)c1ccccc1C2(C)C. The van der Waals surface area contributed by atoms with Crippen molar-refractivity contribution in [2.24, 2.45) is 0 Å². The monoisotopic (exact) mass is 456 g/mol. The Hall–Kier alpha value is -2.55. The summed E-state index contributed by atoms with van der Waals surface area (Å²) in [6, 6.07) is 13.6. The first-order valence-electron chi connectivity index (χ1n) is 9.93. The van der Waals surface area contributed by atoms with Crippen LogP contribution in [0, 0.1) is 6.92 Å². The van der Waals surface area contributed by atoms with Crippen molar-refractivity contribution in [2.75, 3.05) is 6.54 Å². The summed E-state index contributed by atoms with van der Waals surface area (Å²) in [6.07, 6.45) is 3.81. The summed E-state index contributed by atoms with van der Waals surface area (Å²) < 4.78 is 55.4. The third-order valence-electron chi connectivity index (χ3n) is 5.83. The highest BCUT2D eigenvalue weighted by Gasteiger charge is 2.41. The average molecular weight is 457 g/mol. The molecule has 0 amide bonds. The molecule has 162 valence electrons. The molecule has 0 saturated carbocycles. The van der Waals surface area contributed by atoms with Crippen molar-refractivity contribution >= 4 is 19.9 Å². The van der Waals surface area contributed by atoms with Gasteiger partial charge in [0, 0.05) is 24.4 Å². The maximum atomic E-state index is 13.4. The molecule has 3 aromatic rings. The van der Waals surface area contributed by atoms with E-state index in [1.54, 1.807) is 37.5 Å². The third kappa shape index (κ3) is 3.69. The van der Waals surface area contributed by atoms with E-state index in [2.05, 4.69) is 9.71 Å². The first-order chi connectivity index (χ1) is 14.5. The number of pyridine rings is 1. The number of aryl methyl sites for hydroxylation is 1. The molecule has 2 aromatic carbocycles. The second-order valence-electron chi connectivity index (χ2n) is 8.24. The minimum absolute atomic E-state index is 0.0141. The highest BCUT2D eigenvalue weighted by Crippen LogP contribution is 2.46. The Labute approximate surface area is 183 Å². The summed E-state index contributed by atoms with van der Waals surface area (Å²) in [5.41, 5.74) is 2.23. The number of hydrogen-bond acceptors (Lipinski definition) is 5. The van der Waals surface area contributed by atoms with Gasteiger partial charge in [-0.3, -0.25) is 4.98 Å². The van der Waals surface area contributed by atoms with Crippen LogP contribution in [0.2, 0.25) is 0 Å². The summed E-state index contributed by atoms with van der Waals surface area (Å²) >= 11 is 0. The number of nitrogens with one attached hydrogen (secondary N) is 1. The molecule has 1 aromatic heterocycles. The van der Waals surface area contributed by atoms with Crippen molar-refractivity contribution in [1.29, 1.82) is 0 Å². The minimum Gasteiger partial charge on any atom is -0.265 e. The van der Waals surface area contributed by atoms with E-state index in [1.165, 1.54) is 6.07 Å². The van der Waals surface area contributed by atoms with Gasteiger partial charge >= 0.3 is 0 Å². The second kappa shape index (κ2) is 7.55. The van der Waals surface area contributed by atoms with Gasteiger partial charge in [-0.25, -0.2) is 21.6 Å². The molecule has 6 nitrogen and oxygen atoms in total. The van der Waals surface area contributed by atoms with Gasteiger partial charge in [0.05, 0.1) is 14.7 Å². The van der Waals surface area contributed by atoms with Gasteiger partial charge in [-0.2, -0.15) is 0 Å². The van der Waals surface area contributed by atoms with Gasteiger partial charge in [0.25, 0.3) is 0 Å². The number of aromatic nitrogens is 1. The number of sulfonamides is 1. The molecule has 0 spiro atoms. The topological polar surface area (TPSA) is 93.2 Å². The van der Waals surface area contributed by atoms with Gasteiger partial charge in [0.15, 0.2) is 0 Å². The molecule has 0 unspecified atom stereocenters. The fraction of sp³-hybridized carbons (Fsp3) is 0.261. The van der Waals surface area contributed by atoms with E-state index in [1.807, 2.05) is 38.1 Å². The fourth-order valence-electron chi connectivity index (χ4n) is 4.11. The van der Waals surface area contributed by atoms with Crippen LogP contribution in [-0.2, 0) is 31.7 Å².